The summed E-state index contributed by atoms with van der Waals surface area (Å²) in [5.74, 6) is -1.47. The average Bonchev–Trinajstić information content (AvgIpc) is 3.17. The lowest BCUT2D eigenvalue weighted by Crippen LogP contribution is -2.40. The minimum absolute atomic E-state index is 0.0611. The third kappa shape index (κ3) is 7.03. The smallest absolute Gasteiger partial charge is 0.475 e. The van der Waals surface area contributed by atoms with E-state index in [1.807, 2.05) is 29.9 Å². The highest BCUT2D eigenvalue weighted by Crippen LogP contribution is 2.32. The van der Waals surface area contributed by atoms with E-state index in [2.05, 4.69) is 16.0 Å². The molecule has 1 aliphatic rings. The number of imidazole rings is 1. The maximum absolute atomic E-state index is 12.0. The van der Waals surface area contributed by atoms with Gasteiger partial charge in [0.1, 0.15) is 12.1 Å². The molecule has 0 bridgehead atoms. The molecule has 0 saturated carbocycles. The van der Waals surface area contributed by atoms with Crippen LogP contribution in [0.15, 0.2) is 12.4 Å². The Kier molecular flexibility index (Phi) is 9.62. The van der Waals surface area contributed by atoms with E-state index in [4.69, 9.17) is 24.4 Å². The summed E-state index contributed by atoms with van der Waals surface area (Å²) in [6, 6.07) is 2.15. The maximum atomic E-state index is 12.0. The molecule has 0 spiro atoms. The number of amides is 1. The van der Waals surface area contributed by atoms with Gasteiger partial charge in [-0.05, 0) is 18.9 Å². The average molecular weight is 489 g/mol. The second-order valence-electron chi connectivity index (χ2n) is 7.90. The van der Waals surface area contributed by atoms with E-state index in [1.165, 1.54) is 0 Å². The van der Waals surface area contributed by atoms with Gasteiger partial charge >= 0.3 is 12.1 Å². The van der Waals surface area contributed by atoms with Crippen LogP contribution in [0.4, 0.5) is 19.0 Å². The fourth-order valence-corrected chi connectivity index (χ4v) is 3.58. The number of halogens is 3. The number of likely N-dealkylation sites (tertiary alicyclic amines) is 1. The highest BCUT2D eigenvalue weighted by Gasteiger charge is 2.38. The molecule has 0 atom stereocenters. The molecule has 1 aliphatic heterocycles. The van der Waals surface area contributed by atoms with Gasteiger partial charge in [-0.2, -0.15) is 13.2 Å². The zero-order valence-corrected chi connectivity index (χ0v) is 19.6. The predicted octanol–water partition coefficient (Wildman–Crippen LogP) is 2.04. The molecule has 190 valence electrons. The van der Waals surface area contributed by atoms with E-state index < -0.39 is 12.1 Å². The quantitative estimate of drug-likeness (QED) is 0.629. The van der Waals surface area contributed by atoms with Gasteiger partial charge in [-0.3, -0.25) is 4.79 Å². The van der Waals surface area contributed by atoms with Crippen LogP contribution in [-0.4, -0.2) is 96.7 Å². The van der Waals surface area contributed by atoms with Gasteiger partial charge in [0.25, 0.3) is 0 Å². The monoisotopic (exact) mass is 489 g/mol. The van der Waals surface area contributed by atoms with Gasteiger partial charge in [0, 0.05) is 59.6 Å². The largest absolute Gasteiger partial charge is 0.490 e. The molecule has 1 amide bonds. The zero-order valence-electron chi connectivity index (χ0n) is 19.6. The molecule has 13 heteroatoms. The molecular weight excluding hydrogens is 459 g/mol. The van der Waals surface area contributed by atoms with E-state index in [0.29, 0.717) is 12.5 Å². The first-order chi connectivity index (χ1) is 16.0. The number of alkyl halides is 3. The number of hydrogen-bond donors (Lipinski definition) is 1. The summed E-state index contributed by atoms with van der Waals surface area (Å²) in [5.41, 5.74) is 3.06. The Hall–Kier alpha value is -2.93. The fourth-order valence-electron chi connectivity index (χ4n) is 3.58. The van der Waals surface area contributed by atoms with E-state index in [9.17, 15) is 18.0 Å². The van der Waals surface area contributed by atoms with Crippen molar-refractivity contribution in [3.63, 3.8) is 0 Å². The number of rotatable bonds is 7. The molecule has 3 rings (SSSR count). The first-order valence-corrected chi connectivity index (χ1v) is 10.6. The van der Waals surface area contributed by atoms with Gasteiger partial charge in [-0.25, -0.2) is 14.8 Å². The fraction of sp³-hybridized carbons (Fsp3) is 0.619. The molecule has 1 saturated heterocycles. The van der Waals surface area contributed by atoms with Crippen molar-refractivity contribution < 1.29 is 37.3 Å². The number of carboxylic acid groups (broad SMARTS) is 1. The topological polar surface area (TPSA) is 110 Å². The SMILES string of the molecule is COCCN(C)c1nc(C2CCN(C(=O)COC)CC2)cc2c1ncn2C.O=C(O)C(F)(F)F. The van der Waals surface area contributed by atoms with Crippen LogP contribution in [0, 0.1) is 0 Å². The molecule has 3 heterocycles. The molecule has 2 aromatic rings. The number of fused-ring (bicyclic) bond motifs is 1. The number of anilines is 1. The second kappa shape index (κ2) is 12.0. The highest BCUT2D eigenvalue weighted by atomic mass is 19.4. The van der Waals surface area contributed by atoms with Crippen LogP contribution < -0.4 is 4.90 Å². The number of nitrogens with zero attached hydrogens (tertiary/aromatic N) is 5. The summed E-state index contributed by atoms with van der Waals surface area (Å²) in [6.07, 6.45) is -1.43. The van der Waals surface area contributed by atoms with Gasteiger partial charge in [0.15, 0.2) is 5.82 Å². The number of pyridine rings is 1. The van der Waals surface area contributed by atoms with Crippen molar-refractivity contribution in [2.45, 2.75) is 24.9 Å². The molecular formula is C21H30F3N5O5. The lowest BCUT2D eigenvalue weighted by molar-refractivity contribution is -0.192. The Morgan fingerprint density at radius 2 is 1.85 bits per heavy atom. The van der Waals surface area contributed by atoms with Crippen LogP contribution in [0.2, 0.25) is 0 Å². The molecule has 0 unspecified atom stereocenters. The molecule has 0 aliphatic carbocycles. The Morgan fingerprint density at radius 1 is 1.24 bits per heavy atom. The standard InChI is InChI=1S/C19H29N5O3.C2HF3O2/c1-22(9-10-26-3)19-18-16(23(2)13-20-18)11-15(21-19)14-5-7-24(8-6-14)17(25)12-27-4;3-2(4,5)1(6)7/h11,13-14H,5-10,12H2,1-4H3;(H,6,7). The number of methoxy groups -OCH3 is 2. The van der Waals surface area contributed by atoms with Crippen LogP contribution in [0.1, 0.15) is 24.5 Å². The predicted molar refractivity (Wildman–Crippen MR) is 118 cm³/mol. The minimum Gasteiger partial charge on any atom is -0.475 e. The van der Waals surface area contributed by atoms with Gasteiger partial charge in [-0.1, -0.05) is 0 Å². The van der Waals surface area contributed by atoms with E-state index >= 15 is 0 Å². The molecule has 0 aromatic carbocycles. The number of ether oxygens (including phenoxy) is 2. The summed E-state index contributed by atoms with van der Waals surface area (Å²) < 4.78 is 43.9. The number of aliphatic carboxylic acids is 1. The van der Waals surface area contributed by atoms with Gasteiger partial charge < -0.3 is 28.9 Å². The number of carbonyl (C=O) groups is 2. The summed E-state index contributed by atoms with van der Waals surface area (Å²) in [4.78, 5) is 34.4. The van der Waals surface area contributed by atoms with Crippen LogP contribution >= 0.6 is 0 Å². The van der Waals surface area contributed by atoms with Crippen molar-refractivity contribution in [3.8, 4) is 0 Å². The Balaban J connectivity index is 0.000000509. The lowest BCUT2D eigenvalue weighted by Gasteiger charge is -2.32. The lowest BCUT2D eigenvalue weighted by atomic mass is 9.92. The van der Waals surface area contributed by atoms with Crippen molar-refractivity contribution in [3.05, 3.63) is 18.1 Å². The van der Waals surface area contributed by atoms with Crippen molar-refractivity contribution in [2.24, 2.45) is 7.05 Å². The van der Waals surface area contributed by atoms with Crippen LogP contribution in [-0.2, 0) is 26.1 Å². The van der Waals surface area contributed by atoms with E-state index in [1.54, 1.807) is 14.2 Å². The Bertz CT molecular complexity index is 974. The number of aryl methyl sites for hydroxylation is 1. The number of carboxylic acids is 1. The van der Waals surface area contributed by atoms with Crippen molar-refractivity contribution in [1.82, 2.24) is 19.4 Å². The zero-order chi connectivity index (χ0) is 25.5. The number of likely N-dealkylation sites (N-methyl/N-ethyl adjacent to an activating group) is 1. The Labute approximate surface area is 195 Å². The van der Waals surface area contributed by atoms with Crippen molar-refractivity contribution >= 4 is 28.7 Å². The summed E-state index contributed by atoms with van der Waals surface area (Å²) in [6.45, 7) is 3.03. The van der Waals surface area contributed by atoms with Crippen LogP contribution in [0.5, 0.6) is 0 Å². The maximum Gasteiger partial charge on any atom is 0.490 e. The molecule has 0 radical (unpaired) electrons. The third-order valence-electron chi connectivity index (χ3n) is 5.48. The first kappa shape index (κ1) is 27.3. The second-order valence-corrected chi connectivity index (χ2v) is 7.90. The molecule has 34 heavy (non-hydrogen) atoms. The van der Waals surface area contributed by atoms with Crippen LogP contribution in [0.3, 0.4) is 0 Å². The summed E-state index contributed by atoms with van der Waals surface area (Å²) in [7, 11) is 7.28. The molecule has 2 aromatic heterocycles. The van der Waals surface area contributed by atoms with Gasteiger partial charge in [0.05, 0.1) is 18.5 Å². The molecule has 1 N–H and O–H groups in total. The van der Waals surface area contributed by atoms with Crippen molar-refractivity contribution in [2.75, 3.05) is 59.0 Å². The minimum atomic E-state index is -5.08. The third-order valence-corrected chi connectivity index (χ3v) is 5.48. The van der Waals surface area contributed by atoms with Crippen molar-refractivity contribution in [1.29, 1.82) is 0 Å². The van der Waals surface area contributed by atoms with E-state index in [0.717, 1.165) is 55.0 Å². The number of carbonyl (C=O) groups excluding carboxylic acids is 1. The summed E-state index contributed by atoms with van der Waals surface area (Å²) in [5, 5.41) is 7.12. The molecule has 10 nitrogen and oxygen atoms in total. The molecule has 1 fully saturated rings. The first-order valence-electron chi connectivity index (χ1n) is 10.6. The summed E-state index contributed by atoms with van der Waals surface area (Å²) >= 11 is 0. The van der Waals surface area contributed by atoms with Gasteiger partial charge in [0.2, 0.25) is 5.91 Å². The normalized spacial score (nSPS) is 14.6. The van der Waals surface area contributed by atoms with Gasteiger partial charge in [-0.15, -0.1) is 0 Å². The van der Waals surface area contributed by atoms with Crippen LogP contribution in [0.25, 0.3) is 11.0 Å². The number of piperidine rings is 1. The number of aromatic nitrogens is 3. The number of hydrogen-bond acceptors (Lipinski definition) is 7. The Morgan fingerprint density at radius 3 is 2.38 bits per heavy atom. The van der Waals surface area contributed by atoms with E-state index in [-0.39, 0.29) is 12.5 Å². The highest BCUT2D eigenvalue weighted by molar-refractivity contribution is 5.87.